The van der Waals surface area contributed by atoms with Crippen LogP contribution in [-0.4, -0.2) is 24.5 Å². The quantitative estimate of drug-likeness (QED) is 0.650. The van der Waals surface area contributed by atoms with Gasteiger partial charge in [0.05, 0.1) is 17.9 Å². The number of hydrogen-bond acceptors (Lipinski definition) is 4. The fourth-order valence-corrected chi connectivity index (χ4v) is 3.36. The molecule has 0 bridgehead atoms. The SMILES string of the molecule is CC(=O)N1CC(C(=O)Nc2cc(Cl)ccc2Oc2ccccc2)Oc2ccccc21. The number of rotatable bonds is 4. The second-order valence-electron chi connectivity index (χ2n) is 6.75. The normalized spacial score (nSPS) is 15.0. The molecule has 0 radical (unpaired) electrons. The first-order valence-corrected chi connectivity index (χ1v) is 9.76. The van der Waals surface area contributed by atoms with Gasteiger partial charge in [-0.05, 0) is 42.5 Å². The molecule has 1 heterocycles. The maximum Gasteiger partial charge on any atom is 0.267 e. The molecule has 6 nitrogen and oxygen atoms in total. The van der Waals surface area contributed by atoms with Gasteiger partial charge in [-0.1, -0.05) is 41.9 Å². The van der Waals surface area contributed by atoms with Crippen LogP contribution in [0.1, 0.15) is 6.92 Å². The molecule has 0 fully saturated rings. The van der Waals surface area contributed by atoms with Crippen molar-refractivity contribution >= 4 is 34.8 Å². The Morgan fingerprint density at radius 1 is 1.07 bits per heavy atom. The minimum absolute atomic E-state index is 0.105. The molecular weight excluding hydrogens is 404 g/mol. The number of halogens is 1. The van der Waals surface area contributed by atoms with E-state index >= 15 is 0 Å². The van der Waals surface area contributed by atoms with Crippen molar-refractivity contribution in [1.82, 2.24) is 0 Å². The number of benzene rings is 3. The summed E-state index contributed by atoms with van der Waals surface area (Å²) in [5, 5.41) is 3.27. The van der Waals surface area contributed by atoms with Crippen LogP contribution in [0.5, 0.6) is 17.2 Å². The average Bonchev–Trinajstić information content (AvgIpc) is 2.75. The molecule has 0 saturated heterocycles. The summed E-state index contributed by atoms with van der Waals surface area (Å²) in [6, 6.07) is 21.3. The van der Waals surface area contributed by atoms with Gasteiger partial charge < -0.3 is 19.7 Å². The van der Waals surface area contributed by atoms with Gasteiger partial charge in [-0.25, -0.2) is 0 Å². The third-order valence-corrected chi connectivity index (χ3v) is 4.85. The van der Waals surface area contributed by atoms with E-state index < -0.39 is 12.0 Å². The van der Waals surface area contributed by atoms with Crippen LogP contribution in [0.4, 0.5) is 11.4 Å². The predicted molar refractivity (Wildman–Crippen MR) is 115 cm³/mol. The van der Waals surface area contributed by atoms with Gasteiger partial charge in [0, 0.05) is 11.9 Å². The van der Waals surface area contributed by atoms with E-state index in [1.165, 1.54) is 11.8 Å². The monoisotopic (exact) mass is 422 g/mol. The van der Waals surface area contributed by atoms with Crippen molar-refractivity contribution in [3.05, 3.63) is 77.8 Å². The molecule has 2 amide bonds. The molecule has 7 heteroatoms. The summed E-state index contributed by atoms with van der Waals surface area (Å²) in [6.45, 7) is 1.56. The zero-order chi connectivity index (χ0) is 21.1. The Bertz CT molecular complexity index is 1090. The molecule has 0 spiro atoms. The summed E-state index contributed by atoms with van der Waals surface area (Å²) in [7, 11) is 0. The molecule has 0 saturated carbocycles. The van der Waals surface area contributed by atoms with Gasteiger partial charge in [-0.2, -0.15) is 0 Å². The molecule has 152 valence electrons. The van der Waals surface area contributed by atoms with Crippen LogP contribution < -0.4 is 19.7 Å². The van der Waals surface area contributed by atoms with E-state index in [-0.39, 0.29) is 12.5 Å². The number of nitrogens with one attached hydrogen (secondary N) is 1. The van der Waals surface area contributed by atoms with E-state index in [2.05, 4.69) is 5.32 Å². The minimum atomic E-state index is -0.882. The molecule has 3 aromatic carbocycles. The highest BCUT2D eigenvalue weighted by molar-refractivity contribution is 6.31. The maximum absolute atomic E-state index is 13.0. The van der Waals surface area contributed by atoms with Crippen molar-refractivity contribution in [1.29, 1.82) is 0 Å². The van der Waals surface area contributed by atoms with E-state index in [4.69, 9.17) is 21.1 Å². The van der Waals surface area contributed by atoms with Crippen LogP contribution in [0.3, 0.4) is 0 Å². The first kappa shape index (κ1) is 19.8. The van der Waals surface area contributed by atoms with Crippen LogP contribution in [0, 0.1) is 0 Å². The number of para-hydroxylation sites is 3. The van der Waals surface area contributed by atoms with Crippen LogP contribution in [0.15, 0.2) is 72.8 Å². The predicted octanol–water partition coefficient (Wildman–Crippen LogP) is 4.88. The molecule has 1 unspecified atom stereocenters. The molecule has 1 aliphatic rings. The number of hydrogen-bond donors (Lipinski definition) is 1. The lowest BCUT2D eigenvalue weighted by Crippen LogP contribution is -2.48. The van der Waals surface area contributed by atoms with Crippen LogP contribution in [0.25, 0.3) is 0 Å². The maximum atomic E-state index is 13.0. The van der Waals surface area contributed by atoms with Crippen molar-refractivity contribution in [2.24, 2.45) is 0 Å². The Kier molecular flexibility index (Phi) is 5.59. The van der Waals surface area contributed by atoms with Crippen molar-refractivity contribution < 1.29 is 19.1 Å². The van der Waals surface area contributed by atoms with Crippen molar-refractivity contribution in [3.63, 3.8) is 0 Å². The van der Waals surface area contributed by atoms with E-state index in [0.717, 1.165) is 0 Å². The van der Waals surface area contributed by atoms with E-state index in [0.29, 0.717) is 33.6 Å². The lowest BCUT2D eigenvalue weighted by atomic mass is 10.1. The minimum Gasteiger partial charge on any atom is -0.476 e. The fourth-order valence-electron chi connectivity index (χ4n) is 3.19. The largest absolute Gasteiger partial charge is 0.476 e. The lowest BCUT2D eigenvalue weighted by Gasteiger charge is -2.33. The summed E-state index contributed by atoms with van der Waals surface area (Å²) in [4.78, 5) is 26.6. The summed E-state index contributed by atoms with van der Waals surface area (Å²) >= 11 is 6.13. The summed E-state index contributed by atoms with van der Waals surface area (Å²) in [5.41, 5.74) is 1.05. The van der Waals surface area contributed by atoms with E-state index in [1.807, 2.05) is 36.4 Å². The summed E-state index contributed by atoms with van der Waals surface area (Å²) in [5.74, 6) is 0.973. The number of fused-ring (bicyclic) bond motifs is 1. The van der Waals surface area contributed by atoms with Crippen LogP contribution >= 0.6 is 11.6 Å². The molecule has 1 aliphatic heterocycles. The highest BCUT2D eigenvalue weighted by Crippen LogP contribution is 2.35. The molecule has 0 aromatic heterocycles. The van der Waals surface area contributed by atoms with Gasteiger partial charge in [0.25, 0.3) is 5.91 Å². The fraction of sp³-hybridized carbons (Fsp3) is 0.130. The first-order chi connectivity index (χ1) is 14.5. The molecule has 4 rings (SSSR count). The summed E-state index contributed by atoms with van der Waals surface area (Å²) in [6.07, 6.45) is -0.882. The Hall–Kier alpha value is -3.51. The standard InChI is InChI=1S/C23H19ClN2O4/c1-15(27)26-14-22(30-21-10-6-5-9-19(21)26)23(28)25-18-13-16(24)11-12-20(18)29-17-7-3-2-4-8-17/h2-13,22H,14H2,1H3,(H,25,28). The number of carbonyl (C=O) groups is 2. The van der Waals surface area contributed by atoms with Crippen molar-refractivity contribution in [3.8, 4) is 17.2 Å². The Labute approximate surface area is 179 Å². The van der Waals surface area contributed by atoms with E-state index in [1.54, 1.807) is 36.4 Å². The zero-order valence-corrected chi connectivity index (χ0v) is 16.9. The van der Waals surface area contributed by atoms with Gasteiger partial charge in [0.15, 0.2) is 11.9 Å². The molecule has 1 atom stereocenters. The molecule has 0 aliphatic carbocycles. The van der Waals surface area contributed by atoms with Crippen LogP contribution in [-0.2, 0) is 9.59 Å². The topological polar surface area (TPSA) is 67.9 Å². The molecular formula is C23H19ClN2O4. The Morgan fingerprint density at radius 3 is 2.57 bits per heavy atom. The number of ether oxygens (including phenoxy) is 2. The van der Waals surface area contributed by atoms with Gasteiger partial charge >= 0.3 is 0 Å². The second kappa shape index (κ2) is 8.47. The third-order valence-electron chi connectivity index (χ3n) is 4.62. The average molecular weight is 423 g/mol. The van der Waals surface area contributed by atoms with Gasteiger partial charge in [0.2, 0.25) is 5.91 Å². The Morgan fingerprint density at radius 2 is 1.80 bits per heavy atom. The Balaban J connectivity index is 1.57. The summed E-state index contributed by atoms with van der Waals surface area (Å²) < 4.78 is 11.7. The number of amides is 2. The van der Waals surface area contributed by atoms with Crippen molar-refractivity contribution in [2.45, 2.75) is 13.0 Å². The zero-order valence-electron chi connectivity index (χ0n) is 16.2. The van der Waals surface area contributed by atoms with E-state index in [9.17, 15) is 9.59 Å². The number of carbonyl (C=O) groups excluding carboxylic acids is 2. The molecule has 30 heavy (non-hydrogen) atoms. The van der Waals surface area contributed by atoms with Crippen molar-refractivity contribution in [2.75, 3.05) is 16.8 Å². The number of anilines is 2. The van der Waals surface area contributed by atoms with Gasteiger partial charge in [-0.15, -0.1) is 0 Å². The number of nitrogens with zero attached hydrogens (tertiary/aromatic N) is 1. The molecule has 3 aromatic rings. The highest BCUT2D eigenvalue weighted by atomic mass is 35.5. The highest BCUT2D eigenvalue weighted by Gasteiger charge is 2.32. The van der Waals surface area contributed by atoms with Gasteiger partial charge in [0.1, 0.15) is 11.5 Å². The van der Waals surface area contributed by atoms with Gasteiger partial charge in [-0.3, -0.25) is 9.59 Å². The first-order valence-electron chi connectivity index (χ1n) is 9.38. The molecule has 1 N–H and O–H groups in total. The van der Waals surface area contributed by atoms with Crippen LogP contribution in [0.2, 0.25) is 5.02 Å². The third kappa shape index (κ3) is 4.23. The second-order valence-corrected chi connectivity index (χ2v) is 7.19. The lowest BCUT2D eigenvalue weighted by molar-refractivity contribution is -0.123. The smallest absolute Gasteiger partial charge is 0.267 e.